The molecule has 0 aliphatic rings. The molecule has 0 bridgehead atoms. The minimum absolute atomic E-state index is 0.0738. The Kier molecular flexibility index (Phi) is 5.09. The van der Waals surface area contributed by atoms with E-state index >= 15 is 0 Å². The first-order valence-corrected chi connectivity index (χ1v) is 9.57. The second-order valence-corrected chi connectivity index (χ2v) is 9.69. The predicted molar refractivity (Wildman–Crippen MR) is 73.5 cm³/mol. The van der Waals surface area contributed by atoms with Gasteiger partial charge in [-0.05, 0) is 25.2 Å². The SMILES string of the molecule is CCC(=O)CC(O[Si](C)(C)C)c1ccccc1. The molecule has 0 aliphatic carbocycles. The number of rotatable bonds is 6. The lowest BCUT2D eigenvalue weighted by Crippen LogP contribution is -2.29. The van der Waals surface area contributed by atoms with E-state index in [0.29, 0.717) is 12.8 Å². The first-order valence-electron chi connectivity index (χ1n) is 6.17. The third-order valence-corrected chi connectivity index (χ3v) is 3.47. The quantitative estimate of drug-likeness (QED) is 0.715. The van der Waals surface area contributed by atoms with E-state index in [2.05, 4.69) is 19.6 Å². The number of Topliss-reactive ketones (excluding diaryl/α,β-unsaturated/α-hetero) is 1. The normalized spacial score (nSPS) is 13.4. The van der Waals surface area contributed by atoms with Crippen molar-refractivity contribution in [3.63, 3.8) is 0 Å². The third kappa shape index (κ3) is 5.28. The maximum absolute atomic E-state index is 11.6. The Hall–Kier alpha value is -0.933. The van der Waals surface area contributed by atoms with Crippen molar-refractivity contribution in [2.75, 3.05) is 0 Å². The predicted octanol–water partition coefficient (Wildman–Crippen LogP) is 3.95. The number of benzene rings is 1. The molecule has 1 unspecified atom stereocenters. The lowest BCUT2D eigenvalue weighted by atomic mass is 10.0. The highest BCUT2D eigenvalue weighted by molar-refractivity contribution is 6.69. The molecule has 0 spiro atoms. The van der Waals surface area contributed by atoms with Crippen LogP contribution >= 0.6 is 0 Å². The van der Waals surface area contributed by atoms with Crippen LogP contribution in [0.4, 0.5) is 0 Å². The Labute approximate surface area is 105 Å². The zero-order chi connectivity index (χ0) is 12.9. The fourth-order valence-electron chi connectivity index (χ4n) is 1.67. The van der Waals surface area contributed by atoms with E-state index in [1.165, 1.54) is 0 Å². The van der Waals surface area contributed by atoms with Crippen molar-refractivity contribution in [3.05, 3.63) is 35.9 Å². The standard InChI is InChI=1S/C14H22O2Si/c1-5-13(15)11-14(16-17(2,3)4)12-9-7-6-8-10-12/h6-10,14H,5,11H2,1-4H3. The average Bonchev–Trinajstić information content (AvgIpc) is 2.27. The third-order valence-electron chi connectivity index (χ3n) is 2.47. The van der Waals surface area contributed by atoms with Crippen molar-refractivity contribution in [3.8, 4) is 0 Å². The molecule has 0 saturated carbocycles. The summed E-state index contributed by atoms with van der Waals surface area (Å²) in [5.74, 6) is 0.261. The molecule has 0 amide bonds. The molecule has 0 aliphatic heterocycles. The molecular formula is C14H22O2Si. The Morgan fingerprint density at radius 2 is 1.82 bits per heavy atom. The van der Waals surface area contributed by atoms with Crippen molar-refractivity contribution in [1.82, 2.24) is 0 Å². The zero-order valence-corrected chi connectivity index (χ0v) is 12.2. The summed E-state index contributed by atoms with van der Waals surface area (Å²) in [6.07, 6.45) is 0.999. The lowest BCUT2D eigenvalue weighted by molar-refractivity contribution is -0.120. The fourth-order valence-corrected chi connectivity index (χ4v) is 2.75. The maximum Gasteiger partial charge on any atom is 0.184 e. The topological polar surface area (TPSA) is 26.3 Å². The highest BCUT2D eigenvalue weighted by Crippen LogP contribution is 2.26. The maximum atomic E-state index is 11.6. The summed E-state index contributed by atoms with van der Waals surface area (Å²) in [5, 5.41) is 0. The van der Waals surface area contributed by atoms with Crippen LogP contribution in [0.15, 0.2) is 30.3 Å². The molecule has 1 rings (SSSR count). The first kappa shape index (κ1) is 14.1. The molecule has 3 heteroatoms. The summed E-state index contributed by atoms with van der Waals surface area (Å²) in [6.45, 7) is 8.36. The molecule has 0 N–H and O–H groups in total. The van der Waals surface area contributed by atoms with Gasteiger partial charge in [0.2, 0.25) is 0 Å². The van der Waals surface area contributed by atoms with Crippen LogP contribution in [0.5, 0.6) is 0 Å². The summed E-state index contributed by atoms with van der Waals surface area (Å²) < 4.78 is 6.11. The Morgan fingerprint density at radius 1 is 1.24 bits per heavy atom. The largest absolute Gasteiger partial charge is 0.410 e. The lowest BCUT2D eigenvalue weighted by Gasteiger charge is -2.26. The molecule has 0 heterocycles. The van der Waals surface area contributed by atoms with E-state index in [0.717, 1.165) is 5.56 Å². The van der Waals surface area contributed by atoms with E-state index in [-0.39, 0.29) is 11.9 Å². The van der Waals surface area contributed by atoms with Crippen LogP contribution < -0.4 is 0 Å². The van der Waals surface area contributed by atoms with Gasteiger partial charge in [-0.2, -0.15) is 0 Å². The van der Waals surface area contributed by atoms with Gasteiger partial charge in [-0.25, -0.2) is 0 Å². The van der Waals surface area contributed by atoms with E-state index in [1.807, 2.05) is 37.3 Å². The van der Waals surface area contributed by atoms with E-state index < -0.39 is 8.32 Å². The van der Waals surface area contributed by atoms with Crippen LogP contribution in [0.1, 0.15) is 31.4 Å². The molecule has 0 fully saturated rings. The van der Waals surface area contributed by atoms with Gasteiger partial charge >= 0.3 is 0 Å². The van der Waals surface area contributed by atoms with Crippen LogP contribution in [0.3, 0.4) is 0 Å². The van der Waals surface area contributed by atoms with Crippen molar-refractivity contribution < 1.29 is 9.22 Å². The smallest absolute Gasteiger partial charge is 0.184 e. The molecular weight excluding hydrogens is 228 g/mol. The van der Waals surface area contributed by atoms with Crippen LogP contribution in [0.25, 0.3) is 0 Å². The minimum atomic E-state index is -1.63. The van der Waals surface area contributed by atoms with Gasteiger partial charge in [-0.15, -0.1) is 0 Å². The van der Waals surface area contributed by atoms with Gasteiger partial charge in [0.25, 0.3) is 0 Å². The van der Waals surface area contributed by atoms with Gasteiger partial charge in [-0.3, -0.25) is 4.79 Å². The van der Waals surface area contributed by atoms with Gasteiger partial charge in [0, 0.05) is 12.8 Å². The summed E-state index contributed by atoms with van der Waals surface area (Å²) in [7, 11) is -1.63. The Morgan fingerprint density at radius 3 is 2.29 bits per heavy atom. The summed E-state index contributed by atoms with van der Waals surface area (Å²) in [6, 6.07) is 10.0. The second-order valence-electron chi connectivity index (χ2n) is 5.23. The van der Waals surface area contributed by atoms with E-state index in [4.69, 9.17) is 4.43 Å². The van der Waals surface area contributed by atoms with Crippen LogP contribution in [-0.2, 0) is 9.22 Å². The molecule has 17 heavy (non-hydrogen) atoms. The number of hydrogen-bond donors (Lipinski definition) is 0. The van der Waals surface area contributed by atoms with E-state index in [9.17, 15) is 4.79 Å². The van der Waals surface area contributed by atoms with Crippen LogP contribution in [0, 0.1) is 0 Å². The number of carbonyl (C=O) groups is 1. The van der Waals surface area contributed by atoms with E-state index in [1.54, 1.807) is 0 Å². The van der Waals surface area contributed by atoms with Gasteiger partial charge in [0.15, 0.2) is 8.32 Å². The van der Waals surface area contributed by atoms with Gasteiger partial charge in [0.05, 0.1) is 6.10 Å². The van der Waals surface area contributed by atoms with Crippen molar-refractivity contribution in [1.29, 1.82) is 0 Å². The summed E-state index contributed by atoms with van der Waals surface area (Å²) >= 11 is 0. The monoisotopic (exact) mass is 250 g/mol. The molecule has 1 aromatic rings. The Balaban J connectivity index is 2.83. The molecule has 1 aromatic carbocycles. The fraction of sp³-hybridized carbons (Fsp3) is 0.500. The summed E-state index contributed by atoms with van der Waals surface area (Å²) in [4.78, 5) is 11.6. The number of hydrogen-bond acceptors (Lipinski definition) is 2. The number of ketones is 1. The van der Waals surface area contributed by atoms with Crippen molar-refractivity contribution in [2.45, 2.75) is 45.5 Å². The molecule has 1 atom stereocenters. The zero-order valence-electron chi connectivity index (χ0n) is 11.2. The summed E-state index contributed by atoms with van der Waals surface area (Å²) in [5.41, 5.74) is 1.11. The second kappa shape index (κ2) is 6.12. The van der Waals surface area contributed by atoms with Crippen molar-refractivity contribution >= 4 is 14.1 Å². The number of carbonyl (C=O) groups excluding carboxylic acids is 1. The molecule has 94 valence electrons. The van der Waals surface area contributed by atoms with Crippen molar-refractivity contribution in [2.24, 2.45) is 0 Å². The van der Waals surface area contributed by atoms with Crippen LogP contribution in [0.2, 0.25) is 19.6 Å². The van der Waals surface area contributed by atoms with Gasteiger partial charge < -0.3 is 4.43 Å². The highest BCUT2D eigenvalue weighted by Gasteiger charge is 2.23. The minimum Gasteiger partial charge on any atom is -0.410 e. The van der Waals surface area contributed by atoms with Gasteiger partial charge in [-0.1, -0.05) is 37.3 Å². The molecule has 0 saturated heterocycles. The molecule has 2 nitrogen and oxygen atoms in total. The molecule has 0 aromatic heterocycles. The molecule has 0 radical (unpaired) electrons. The highest BCUT2D eigenvalue weighted by atomic mass is 28.4. The van der Waals surface area contributed by atoms with Crippen LogP contribution in [-0.4, -0.2) is 14.1 Å². The first-order chi connectivity index (χ1) is 7.92. The Bertz CT molecular complexity index is 354. The van der Waals surface area contributed by atoms with Gasteiger partial charge in [0.1, 0.15) is 5.78 Å². The average molecular weight is 250 g/mol.